The van der Waals surface area contributed by atoms with Gasteiger partial charge in [0.25, 0.3) is 11.6 Å². The van der Waals surface area contributed by atoms with E-state index in [4.69, 9.17) is 4.74 Å². The molecule has 0 aliphatic heterocycles. The Labute approximate surface area is 188 Å². The Kier molecular flexibility index (Phi) is 6.23. The lowest BCUT2D eigenvalue weighted by Crippen LogP contribution is -2.28. The van der Waals surface area contributed by atoms with E-state index in [9.17, 15) is 14.9 Å². The molecule has 0 saturated carbocycles. The van der Waals surface area contributed by atoms with Gasteiger partial charge in [0.15, 0.2) is 5.13 Å². The van der Waals surface area contributed by atoms with Crippen molar-refractivity contribution in [2.24, 2.45) is 0 Å². The van der Waals surface area contributed by atoms with Gasteiger partial charge >= 0.3 is 0 Å². The minimum atomic E-state index is -0.456. The molecule has 0 aliphatic carbocycles. The summed E-state index contributed by atoms with van der Waals surface area (Å²) in [5, 5.41) is 11.4. The van der Waals surface area contributed by atoms with Gasteiger partial charge in [-0.15, -0.1) is 0 Å². The summed E-state index contributed by atoms with van der Waals surface area (Å²) in [7, 11) is 1.60. The Morgan fingerprint density at radius 1 is 1.12 bits per heavy atom. The summed E-state index contributed by atoms with van der Waals surface area (Å²) >= 11 is 1.43. The molecule has 0 fully saturated rings. The van der Waals surface area contributed by atoms with Crippen LogP contribution in [0.3, 0.4) is 0 Å². The molecule has 3 aromatic carbocycles. The molecular formula is C24H19N3O4S. The Morgan fingerprint density at radius 3 is 2.56 bits per heavy atom. The molecule has 0 spiro atoms. The minimum Gasteiger partial charge on any atom is -0.497 e. The van der Waals surface area contributed by atoms with Gasteiger partial charge in [-0.3, -0.25) is 19.8 Å². The molecule has 7 nitrogen and oxygen atoms in total. The average molecular weight is 446 g/mol. The Balaban J connectivity index is 1.64. The summed E-state index contributed by atoms with van der Waals surface area (Å²) in [4.78, 5) is 29.8. The van der Waals surface area contributed by atoms with Crippen LogP contribution in [0.5, 0.6) is 5.75 Å². The van der Waals surface area contributed by atoms with E-state index in [1.807, 2.05) is 48.5 Å². The molecular weight excluding hydrogens is 426 g/mol. The molecule has 0 atom stereocenters. The van der Waals surface area contributed by atoms with Crippen molar-refractivity contribution in [3.63, 3.8) is 0 Å². The van der Waals surface area contributed by atoms with Crippen molar-refractivity contribution >= 4 is 44.4 Å². The first-order chi connectivity index (χ1) is 15.5. The maximum atomic E-state index is 13.2. The number of aromatic nitrogens is 1. The molecule has 8 heteroatoms. The van der Waals surface area contributed by atoms with Gasteiger partial charge in [-0.05, 0) is 41.5 Å². The van der Waals surface area contributed by atoms with Crippen molar-refractivity contribution in [2.45, 2.75) is 6.54 Å². The molecule has 0 radical (unpaired) electrons. The predicted octanol–water partition coefficient (Wildman–Crippen LogP) is 5.46. The van der Waals surface area contributed by atoms with Crippen LogP contribution < -0.4 is 9.64 Å². The number of hydrogen-bond donors (Lipinski definition) is 0. The first kappa shape index (κ1) is 21.2. The van der Waals surface area contributed by atoms with Crippen LogP contribution in [-0.2, 0) is 11.3 Å². The van der Waals surface area contributed by atoms with E-state index in [0.717, 1.165) is 15.8 Å². The van der Waals surface area contributed by atoms with Crippen molar-refractivity contribution in [2.75, 3.05) is 12.0 Å². The monoisotopic (exact) mass is 445 g/mol. The van der Waals surface area contributed by atoms with Gasteiger partial charge in [0, 0.05) is 24.3 Å². The van der Waals surface area contributed by atoms with Crippen molar-refractivity contribution in [3.8, 4) is 5.75 Å². The third-order valence-corrected chi connectivity index (χ3v) is 5.85. The van der Waals surface area contributed by atoms with E-state index < -0.39 is 4.92 Å². The largest absolute Gasteiger partial charge is 0.497 e. The number of non-ortho nitro benzene ring substituents is 1. The minimum absolute atomic E-state index is 0.00378. The topological polar surface area (TPSA) is 85.6 Å². The molecule has 1 aromatic heterocycles. The van der Waals surface area contributed by atoms with Crippen LogP contribution in [0.1, 0.15) is 11.1 Å². The summed E-state index contributed by atoms with van der Waals surface area (Å²) in [5.41, 5.74) is 2.43. The van der Waals surface area contributed by atoms with E-state index in [2.05, 4.69) is 4.98 Å². The molecule has 0 unspecified atom stereocenters. The predicted molar refractivity (Wildman–Crippen MR) is 126 cm³/mol. The third-order valence-electron chi connectivity index (χ3n) is 4.79. The van der Waals surface area contributed by atoms with Crippen LogP contribution in [-0.4, -0.2) is 22.9 Å². The second-order valence-electron chi connectivity index (χ2n) is 6.92. The zero-order valence-electron chi connectivity index (χ0n) is 17.2. The van der Waals surface area contributed by atoms with Crippen LogP contribution in [0.2, 0.25) is 0 Å². The number of nitrogens with zero attached hydrogens (tertiary/aromatic N) is 3. The lowest BCUT2D eigenvalue weighted by Gasteiger charge is -2.18. The lowest BCUT2D eigenvalue weighted by atomic mass is 10.2. The maximum absolute atomic E-state index is 13.2. The molecule has 1 amide bonds. The van der Waals surface area contributed by atoms with Crippen LogP contribution in [0, 0.1) is 10.1 Å². The number of thiazole rings is 1. The highest BCUT2D eigenvalue weighted by Gasteiger charge is 2.19. The molecule has 0 N–H and O–H groups in total. The van der Waals surface area contributed by atoms with E-state index >= 15 is 0 Å². The second kappa shape index (κ2) is 9.40. The number of benzene rings is 3. The summed E-state index contributed by atoms with van der Waals surface area (Å²) in [6.45, 7) is 0.362. The summed E-state index contributed by atoms with van der Waals surface area (Å²) in [6, 6.07) is 21.3. The number of ether oxygens (including phenoxy) is 1. The number of fused-ring (bicyclic) bond motifs is 1. The molecule has 4 aromatic rings. The fraction of sp³-hybridized carbons (Fsp3) is 0.0833. The van der Waals surface area contributed by atoms with Crippen LogP contribution in [0.15, 0.2) is 78.9 Å². The number of nitro benzene ring substituents is 1. The number of amides is 1. The van der Waals surface area contributed by atoms with E-state index in [0.29, 0.717) is 23.0 Å². The van der Waals surface area contributed by atoms with Gasteiger partial charge in [0.1, 0.15) is 5.75 Å². The van der Waals surface area contributed by atoms with Crippen molar-refractivity contribution in [3.05, 3.63) is 100 Å². The average Bonchev–Trinajstić information content (AvgIpc) is 3.24. The number of hydrogen-bond acceptors (Lipinski definition) is 6. The molecule has 0 saturated heterocycles. The lowest BCUT2D eigenvalue weighted by molar-refractivity contribution is -0.384. The molecule has 1 heterocycles. The van der Waals surface area contributed by atoms with Gasteiger partial charge in [0.05, 0.1) is 28.8 Å². The SMILES string of the molecule is COc1ccc2sc(N(Cc3ccccc3)C(=O)/C=C/c3ccc([N+](=O)[O-])cc3)nc2c1. The van der Waals surface area contributed by atoms with Gasteiger partial charge in [0.2, 0.25) is 0 Å². The standard InChI is InChI=1S/C24H19N3O4S/c1-31-20-12-13-22-21(15-20)25-24(32-22)26(16-18-5-3-2-4-6-18)23(28)14-9-17-7-10-19(11-8-17)27(29)30/h2-15H,16H2,1H3/b14-9+. The molecule has 0 bridgehead atoms. The zero-order chi connectivity index (χ0) is 22.5. The number of carbonyl (C=O) groups is 1. The van der Waals surface area contributed by atoms with E-state index in [1.165, 1.54) is 29.5 Å². The fourth-order valence-corrected chi connectivity index (χ4v) is 4.06. The van der Waals surface area contributed by atoms with Crippen molar-refractivity contribution < 1.29 is 14.5 Å². The van der Waals surface area contributed by atoms with Crippen LogP contribution in [0.4, 0.5) is 10.8 Å². The number of anilines is 1. The number of rotatable bonds is 7. The second-order valence-corrected chi connectivity index (χ2v) is 7.93. The van der Waals surface area contributed by atoms with E-state index in [1.54, 1.807) is 30.2 Å². The number of methoxy groups -OCH3 is 1. The quantitative estimate of drug-likeness (QED) is 0.214. The smallest absolute Gasteiger partial charge is 0.269 e. The van der Waals surface area contributed by atoms with Crippen molar-refractivity contribution in [1.82, 2.24) is 4.98 Å². The molecule has 0 aliphatic rings. The van der Waals surface area contributed by atoms with Crippen molar-refractivity contribution in [1.29, 1.82) is 0 Å². The summed E-state index contributed by atoms with van der Waals surface area (Å²) < 4.78 is 6.23. The highest BCUT2D eigenvalue weighted by molar-refractivity contribution is 7.22. The van der Waals surface area contributed by atoms with Gasteiger partial charge in [-0.25, -0.2) is 4.98 Å². The zero-order valence-corrected chi connectivity index (χ0v) is 18.0. The van der Waals surface area contributed by atoms with Gasteiger partial charge < -0.3 is 4.74 Å². The molecule has 160 valence electrons. The molecule has 4 rings (SSSR count). The Bertz CT molecular complexity index is 1280. The van der Waals surface area contributed by atoms with E-state index in [-0.39, 0.29) is 11.6 Å². The molecule has 32 heavy (non-hydrogen) atoms. The summed E-state index contributed by atoms with van der Waals surface area (Å²) in [6.07, 6.45) is 3.09. The highest BCUT2D eigenvalue weighted by atomic mass is 32.1. The normalized spacial score (nSPS) is 11.0. The van der Waals surface area contributed by atoms with Crippen LogP contribution >= 0.6 is 11.3 Å². The summed E-state index contributed by atoms with van der Waals surface area (Å²) in [5.74, 6) is 0.464. The number of carbonyl (C=O) groups excluding carboxylic acids is 1. The fourth-order valence-electron chi connectivity index (χ4n) is 3.11. The Morgan fingerprint density at radius 2 is 1.88 bits per heavy atom. The third kappa shape index (κ3) is 4.81. The first-order valence-electron chi connectivity index (χ1n) is 9.76. The maximum Gasteiger partial charge on any atom is 0.269 e. The Hall–Kier alpha value is -4.04. The highest BCUT2D eigenvalue weighted by Crippen LogP contribution is 2.32. The van der Waals surface area contributed by atoms with Crippen LogP contribution in [0.25, 0.3) is 16.3 Å². The van der Waals surface area contributed by atoms with Gasteiger partial charge in [-0.2, -0.15) is 0 Å². The first-order valence-corrected chi connectivity index (χ1v) is 10.6. The van der Waals surface area contributed by atoms with Gasteiger partial charge in [-0.1, -0.05) is 41.7 Å². The number of nitro groups is 1.